The highest BCUT2D eigenvalue weighted by Gasteiger charge is 2.24. The third kappa shape index (κ3) is 7.60. The second kappa shape index (κ2) is 11.0. The van der Waals surface area contributed by atoms with Crippen LogP contribution in [0.5, 0.6) is 0 Å². The van der Waals surface area contributed by atoms with Crippen molar-refractivity contribution in [3.8, 4) is 0 Å². The molecule has 3 N–H and O–H groups in total. The van der Waals surface area contributed by atoms with E-state index in [1.807, 2.05) is 6.92 Å². The summed E-state index contributed by atoms with van der Waals surface area (Å²) >= 11 is 0. The van der Waals surface area contributed by atoms with Crippen molar-refractivity contribution < 1.29 is 24.3 Å². The molecule has 1 aromatic carbocycles. The number of unbranched alkanes of at least 4 members (excludes halogenated alkanes) is 1. The van der Waals surface area contributed by atoms with Crippen molar-refractivity contribution in [3.05, 3.63) is 35.9 Å². The molecule has 0 aliphatic heterocycles. The van der Waals surface area contributed by atoms with Gasteiger partial charge >= 0.3 is 5.97 Å². The Kier molecular flexibility index (Phi) is 8.92. The summed E-state index contributed by atoms with van der Waals surface area (Å²) in [7, 11) is 0. The molecule has 0 aliphatic carbocycles. The van der Waals surface area contributed by atoms with Gasteiger partial charge in [-0.3, -0.25) is 14.4 Å². The van der Waals surface area contributed by atoms with Gasteiger partial charge in [-0.25, -0.2) is 0 Å². The highest BCUT2D eigenvalue weighted by molar-refractivity contribution is 5.97. The number of carboxylic acid groups (broad SMARTS) is 1. The first-order valence-corrected chi connectivity index (χ1v) is 8.31. The first-order chi connectivity index (χ1) is 12.0. The summed E-state index contributed by atoms with van der Waals surface area (Å²) in [5.74, 6) is -2.09. The second-order valence-corrected chi connectivity index (χ2v) is 5.72. The number of nitrogens with one attached hydrogen (secondary N) is 2. The number of carbonyl (C=O) groups excluding carboxylic acids is 3. The Balaban J connectivity index is 2.76. The molecule has 25 heavy (non-hydrogen) atoms. The molecule has 0 unspecified atom stereocenters. The minimum Gasteiger partial charge on any atom is -0.481 e. The van der Waals surface area contributed by atoms with Crippen LogP contribution in [-0.2, 0) is 14.4 Å². The molecular weight excluding hydrogens is 324 g/mol. The Labute approximate surface area is 146 Å². The SMILES string of the molecule is CCCC[C@@H](C=O)NC(=O)[C@H](CCC(=O)O)NC(=O)c1ccccc1. The van der Waals surface area contributed by atoms with E-state index in [0.717, 1.165) is 12.8 Å². The number of benzene rings is 1. The molecule has 0 spiro atoms. The number of carbonyl (C=O) groups is 4. The normalized spacial score (nSPS) is 12.7. The molecule has 7 heteroatoms. The quantitative estimate of drug-likeness (QED) is 0.525. The van der Waals surface area contributed by atoms with Gasteiger partial charge in [-0.2, -0.15) is 0 Å². The molecule has 2 amide bonds. The molecule has 0 saturated carbocycles. The first-order valence-electron chi connectivity index (χ1n) is 8.31. The van der Waals surface area contributed by atoms with Crippen LogP contribution in [0, 0.1) is 0 Å². The fourth-order valence-corrected chi connectivity index (χ4v) is 2.25. The van der Waals surface area contributed by atoms with Gasteiger partial charge in [-0.1, -0.05) is 38.0 Å². The zero-order chi connectivity index (χ0) is 18.7. The summed E-state index contributed by atoms with van der Waals surface area (Å²) in [5.41, 5.74) is 0.369. The van der Waals surface area contributed by atoms with Crippen LogP contribution < -0.4 is 10.6 Å². The number of aliphatic carboxylic acids is 1. The summed E-state index contributed by atoms with van der Waals surface area (Å²) in [6.45, 7) is 1.97. The topological polar surface area (TPSA) is 113 Å². The van der Waals surface area contributed by atoms with Crippen LogP contribution in [-0.4, -0.2) is 41.3 Å². The molecule has 7 nitrogen and oxygen atoms in total. The average molecular weight is 348 g/mol. The molecule has 0 fully saturated rings. The third-order valence-electron chi connectivity index (χ3n) is 3.67. The summed E-state index contributed by atoms with van der Waals surface area (Å²) in [6.07, 6.45) is 2.49. The summed E-state index contributed by atoms with van der Waals surface area (Å²) in [4.78, 5) is 46.5. The fourth-order valence-electron chi connectivity index (χ4n) is 2.25. The molecule has 0 aliphatic rings. The van der Waals surface area contributed by atoms with Gasteiger partial charge in [0.05, 0.1) is 6.04 Å². The highest BCUT2D eigenvalue weighted by atomic mass is 16.4. The smallest absolute Gasteiger partial charge is 0.303 e. The molecular formula is C18H24N2O5. The van der Waals surface area contributed by atoms with Crippen molar-refractivity contribution >= 4 is 24.1 Å². The molecule has 1 rings (SSSR count). The molecule has 0 aromatic heterocycles. The van der Waals surface area contributed by atoms with E-state index in [9.17, 15) is 19.2 Å². The average Bonchev–Trinajstić information content (AvgIpc) is 2.62. The van der Waals surface area contributed by atoms with E-state index < -0.39 is 29.9 Å². The standard InChI is InChI=1S/C18H24N2O5/c1-2-3-9-14(12-21)19-18(25)15(10-11-16(22)23)20-17(24)13-7-5-4-6-8-13/h4-8,12,14-15H,2-3,9-11H2,1H3,(H,19,25)(H,20,24)(H,22,23)/t14-,15-/m0/s1. The van der Waals surface area contributed by atoms with Crippen LogP contribution in [0.15, 0.2) is 30.3 Å². The predicted octanol–water partition coefficient (Wildman–Crippen LogP) is 1.52. The predicted molar refractivity (Wildman–Crippen MR) is 92.1 cm³/mol. The van der Waals surface area contributed by atoms with Crippen molar-refractivity contribution in [2.45, 2.75) is 51.1 Å². The van der Waals surface area contributed by atoms with Crippen LogP contribution in [0.2, 0.25) is 0 Å². The molecule has 0 heterocycles. The maximum absolute atomic E-state index is 12.4. The zero-order valence-corrected chi connectivity index (χ0v) is 14.2. The van der Waals surface area contributed by atoms with E-state index in [0.29, 0.717) is 18.3 Å². The lowest BCUT2D eigenvalue weighted by Crippen LogP contribution is -2.50. The maximum Gasteiger partial charge on any atom is 0.303 e. The van der Waals surface area contributed by atoms with Crippen molar-refractivity contribution in [1.29, 1.82) is 0 Å². The van der Waals surface area contributed by atoms with Gasteiger partial charge < -0.3 is 20.5 Å². The van der Waals surface area contributed by atoms with E-state index >= 15 is 0 Å². The number of rotatable bonds is 11. The summed E-state index contributed by atoms with van der Waals surface area (Å²) in [5, 5.41) is 14.0. The van der Waals surface area contributed by atoms with Crippen LogP contribution in [0.25, 0.3) is 0 Å². The Morgan fingerprint density at radius 1 is 1.12 bits per heavy atom. The van der Waals surface area contributed by atoms with E-state index in [1.54, 1.807) is 30.3 Å². The number of amides is 2. The van der Waals surface area contributed by atoms with Crippen molar-refractivity contribution in [2.24, 2.45) is 0 Å². The Morgan fingerprint density at radius 3 is 2.36 bits per heavy atom. The number of hydrogen-bond donors (Lipinski definition) is 3. The fraction of sp³-hybridized carbons (Fsp3) is 0.444. The maximum atomic E-state index is 12.4. The van der Waals surface area contributed by atoms with E-state index in [1.165, 1.54) is 0 Å². The van der Waals surface area contributed by atoms with Crippen LogP contribution in [0.3, 0.4) is 0 Å². The van der Waals surface area contributed by atoms with Gasteiger partial charge in [0, 0.05) is 12.0 Å². The van der Waals surface area contributed by atoms with Crippen molar-refractivity contribution in [1.82, 2.24) is 10.6 Å². The minimum absolute atomic E-state index is 0.0565. The van der Waals surface area contributed by atoms with E-state index in [2.05, 4.69) is 10.6 Å². The number of aldehydes is 1. The summed E-state index contributed by atoms with van der Waals surface area (Å²) < 4.78 is 0. The number of hydrogen-bond acceptors (Lipinski definition) is 4. The van der Waals surface area contributed by atoms with Gasteiger partial charge in [-0.05, 0) is 25.0 Å². The van der Waals surface area contributed by atoms with Gasteiger partial charge in [0.2, 0.25) is 5.91 Å². The monoisotopic (exact) mass is 348 g/mol. The lowest BCUT2D eigenvalue weighted by molar-refractivity contribution is -0.137. The van der Waals surface area contributed by atoms with E-state index in [-0.39, 0.29) is 12.8 Å². The zero-order valence-electron chi connectivity index (χ0n) is 14.2. The second-order valence-electron chi connectivity index (χ2n) is 5.72. The van der Waals surface area contributed by atoms with Gasteiger partial charge in [0.1, 0.15) is 12.3 Å². The van der Waals surface area contributed by atoms with Gasteiger partial charge in [0.15, 0.2) is 0 Å². The van der Waals surface area contributed by atoms with Gasteiger partial charge in [0.25, 0.3) is 5.91 Å². The largest absolute Gasteiger partial charge is 0.481 e. The molecule has 0 radical (unpaired) electrons. The molecule has 1 aromatic rings. The molecule has 0 bridgehead atoms. The molecule has 0 saturated heterocycles. The molecule has 2 atom stereocenters. The summed E-state index contributed by atoms with van der Waals surface area (Å²) in [6, 6.07) is 6.66. The Hall–Kier alpha value is -2.70. The lowest BCUT2D eigenvalue weighted by atomic mass is 10.1. The molecule has 136 valence electrons. The van der Waals surface area contributed by atoms with Crippen molar-refractivity contribution in [2.75, 3.05) is 0 Å². The van der Waals surface area contributed by atoms with Crippen LogP contribution in [0.1, 0.15) is 49.4 Å². The van der Waals surface area contributed by atoms with E-state index in [4.69, 9.17) is 5.11 Å². The highest BCUT2D eigenvalue weighted by Crippen LogP contribution is 2.05. The van der Waals surface area contributed by atoms with Crippen LogP contribution >= 0.6 is 0 Å². The third-order valence-corrected chi connectivity index (χ3v) is 3.67. The minimum atomic E-state index is -1.07. The van der Waals surface area contributed by atoms with Crippen molar-refractivity contribution in [3.63, 3.8) is 0 Å². The number of carboxylic acids is 1. The van der Waals surface area contributed by atoms with Gasteiger partial charge in [-0.15, -0.1) is 0 Å². The van der Waals surface area contributed by atoms with Crippen LogP contribution in [0.4, 0.5) is 0 Å². The Bertz CT molecular complexity index is 588. The Morgan fingerprint density at radius 2 is 1.80 bits per heavy atom. The first kappa shape index (κ1) is 20.3. The lowest BCUT2D eigenvalue weighted by Gasteiger charge is -2.20.